The zero-order valence-corrected chi connectivity index (χ0v) is 14.9. The Hall–Kier alpha value is -2.86. The summed E-state index contributed by atoms with van der Waals surface area (Å²) in [6.07, 6.45) is 0.546. The monoisotopic (exact) mass is 357 g/mol. The molecule has 2 aromatic rings. The number of para-hydroxylation sites is 1. The van der Waals surface area contributed by atoms with E-state index < -0.39 is 5.97 Å². The molecule has 6 nitrogen and oxygen atoms in total. The van der Waals surface area contributed by atoms with E-state index in [2.05, 4.69) is 5.32 Å². The van der Waals surface area contributed by atoms with Gasteiger partial charge in [-0.15, -0.1) is 0 Å². The molecule has 1 atom stereocenters. The maximum atomic E-state index is 12.4. The first kappa shape index (κ1) is 19.5. The van der Waals surface area contributed by atoms with Gasteiger partial charge >= 0.3 is 5.97 Å². The second kappa shape index (κ2) is 9.58. The Morgan fingerprint density at radius 2 is 1.88 bits per heavy atom. The zero-order valence-electron chi connectivity index (χ0n) is 14.9. The van der Waals surface area contributed by atoms with Gasteiger partial charge in [0.25, 0.3) is 0 Å². The highest BCUT2D eigenvalue weighted by Crippen LogP contribution is 2.18. The van der Waals surface area contributed by atoms with E-state index in [0.29, 0.717) is 24.3 Å². The summed E-state index contributed by atoms with van der Waals surface area (Å²) in [7, 11) is 1.53. The molecule has 2 aromatic carbocycles. The quantitative estimate of drug-likeness (QED) is 0.716. The molecule has 0 bridgehead atoms. The van der Waals surface area contributed by atoms with Gasteiger partial charge in [-0.05, 0) is 42.3 Å². The molecule has 0 aliphatic rings. The molecule has 0 saturated heterocycles. The van der Waals surface area contributed by atoms with Crippen molar-refractivity contribution in [3.05, 3.63) is 59.7 Å². The lowest BCUT2D eigenvalue weighted by Crippen LogP contribution is -2.22. The van der Waals surface area contributed by atoms with E-state index in [1.807, 2.05) is 30.3 Å². The van der Waals surface area contributed by atoms with Crippen LogP contribution in [-0.2, 0) is 16.1 Å². The third kappa shape index (κ3) is 5.89. The minimum Gasteiger partial charge on any atom is -0.494 e. The van der Waals surface area contributed by atoms with Crippen LogP contribution in [-0.4, -0.2) is 30.7 Å². The van der Waals surface area contributed by atoms with Crippen molar-refractivity contribution in [1.29, 1.82) is 0 Å². The zero-order chi connectivity index (χ0) is 18.9. The molecule has 2 N–H and O–H groups in total. The molecule has 0 saturated carbocycles. The summed E-state index contributed by atoms with van der Waals surface area (Å²) in [6.45, 7) is 2.49. The van der Waals surface area contributed by atoms with Gasteiger partial charge in [0, 0.05) is 18.7 Å². The van der Waals surface area contributed by atoms with Crippen LogP contribution >= 0.6 is 0 Å². The smallest absolute Gasteiger partial charge is 0.335 e. The highest BCUT2D eigenvalue weighted by molar-refractivity contribution is 5.95. The SMILES string of the molecule is COCc1cc(NC(=O)C(C)CCOc2ccccc2)cc(C(=O)O)c1. The van der Waals surface area contributed by atoms with Crippen LogP contribution in [0.1, 0.15) is 29.3 Å². The Labute approximate surface area is 152 Å². The van der Waals surface area contributed by atoms with Crippen molar-refractivity contribution in [3.63, 3.8) is 0 Å². The van der Waals surface area contributed by atoms with Gasteiger partial charge in [0.15, 0.2) is 0 Å². The first-order chi connectivity index (χ1) is 12.5. The van der Waals surface area contributed by atoms with Crippen LogP contribution < -0.4 is 10.1 Å². The molecule has 0 aliphatic carbocycles. The maximum absolute atomic E-state index is 12.4. The van der Waals surface area contributed by atoms with Crippen molar-refractivity contribution >= 4 is 17.6 Å². The highest BCUT2D eigenvalue weighted by atomic mass is 16.5. The number of carboxylic acid groups (broad SMARTS) is 1. The lowest BCUT2D eigenvalue weighted by atomic mass is 10.1. The van der Waals surface area contributed by atoms with Crippen LogP contribution in [0.15, 0.2) is 48.5 Å². The van der Waals surface area contributed by atoms with E-state index in [9.17, 15) is 14.7 Å². The van der Waals surface area contributed by atoms with E-state index in [1.54, 1.807) is 13.0 Å². The summed E-state index contributed by atoms with van der Waals surface area (Å²) in [4.78, 5) is 23.6. The van der Waals surface area contributed by atoms with E-state index in [1.165, 1.54) is 19.2 Å². The molecule has 0 aliphatic heterocycles. The Balaban J connectivity index is 1.94. The number of rotatable bonds is 9. The summed E-state index contributed by atoms with van der Waals surface area (Å²) in [6, 6.07) is 14.1. The Morgan fingerprint density at radius 1 is 1.15 bits per heavy atom. The number of carboxylic acids is 1. The first-order valence-electron chi connectivity index (χ1n) is 8.34. The number of hydrogen-bond acceptors (Lipinski definition) is 4. The number of hydrogen-bond donors (Lipinski definition) is 2. The molecule has 1 unspecified atom stereocenters. The van der Waals surface area contributed by atoms with Crippen LogP contribution in [0.5, 0.6) is 5.75 Å². The average molecular weight is 357 g/mol. The second-order valence-electron chi connectivity index (χ2n) is 6.00. The predicted molar refractivity (Wildman–Crippen MR) is 98.5 cm³/mol. The largest absolute Gasteiger partial charge is 0.494 e. The molecular weight excluding hydrogens is 334 g/mol. The number of aromatic carboxylic acids is 1. The van der Waals surface area contributed by atoms with Gasteiger partial charge in [-0.3, -0.25) is 4.79 Å². The number of methoxy groups -OCH3 is 1. The molecule has 0 radical (unpaired) electrons. The third-order valence-electron chi connectivity index (χ3n) is 3.83. The van der Waals surface area contributed by atoms with Gasteiger partial charge in [0.1, 0.15) is 5.75 Å². The maximum Gasteiger partial charge on any atom is 0.335 e. The molecule has 0 aromatic heterocycles. The van der Waals surface area contributed by atoms with Gasteiger partial charge in [-0.25, -0.2) is 4.79 Å². The van der Waals surface area contributed by atoms with Crippen LogP contribution in [0.2, 0.25) is 0 Å². The number of nitrogens with one attached hydrogen (secondary N) is 1. The lowest BCUT2D eigenvalue weighted by molar-refractivity contribution is -0.119. The number of benzene rings is 2. The minimum atomic E-state index is -1.05. The van der Waals surface area contributed by atoms with Gasteiger partial charge in [0.2, 0.25) is 5.91 Å². The van der Waals surface area contributed by atoms with Gasteiger partial charge in [-0.2, -0.15) is 0 Å². The molecule has 2 rings (SSSR count). The van der Waals surface area contributed by atoms with Crippen molar-refractivity contribution in [3.8, 4) is 5.75 Å². The summed E-state index contributed by atoms with van der Waals surface area (Å²) in [5.74, 6) is -0.758. The van der Waals surface area contributed by atoms with Crippen molar-refractivity contribution < 1.29 is 24.2 Å². The molecule has 0 fully saturated rings. The molecule has 26 heavy (non-hydrogen) atoms. The summed E-state index contributed by atoms with van der Waals surface area (Å²) in [5.41, 5.74) is 1.23. The fourth-order valence-corrected chi connectivity index (χ4v) is 2.40. The van der Waals surface area contributed by atoms with E-state index in [0.717, 1.165) is 5.75 Å². The van der Waals surface area contributed by atoms with Gasteiger partial charge in [-0.1, -0.05) is 25.1 Å². The Kier molecular flexibility index (Phi) is 7.17. The second-order valence-corrected chi connectivity index (χ2v) is 6.00. The highest BCUT2D eigenvalue weighted by Gasteiger charge is 2.15. The third-order valence-corrected chi connectivity index (χ3v) is 3.83. The standard InChI is InChI=1S/C20H23NO5/c1-14(8-9-26-18-6-4-3-5-7-18)19(22)21-17-11-15(13-25-2)10-16(12-17)20(23)24/h3-7,10-12,14H,8-9,13H2,1-2H3,(H,21,22)(H,23,24). The molecule has 0 spiro atoms. The number of carbonyl (C=O) groups is 2. The normalized spacial score (nSPS) is 11.6. The van der Waals surface area contributed by atoms with E-state index in [-0.39, 0.29) is 24.0 Å². The number of carbonyl (C=O) groups excluding carboxylic acids is 1. The minimum absolute atomic E-state index is 0.106. The number of anilines is 1. The topological polar surface area (TPSA) is 84.9 Å². The number of amides is 1. The van der Waals surface area contributed by atoms with Crippen LogP contribution in [0.25, 0.3) is 0 Å². The fourth-order valence-electron chi connectivity index (χ4n) is 2.40. The van der Waals surface area contributed by atoms with Crippen molar-refractivity contribution in [2.45, 2.75) is 20.0 Å². The summed E-state index contributed by atoms with van der Waals surface area (Å²) >= 11 is 0. The average Bonchev–Trinajstić information content (AvgIpc) is 2.62. The first-order valence-corrected chi connectivity index (χ1v) is 8.34. The van der Waals surface area contributed by atoms with Crippen LogP contribution in [0, 0.1) is 5.92 Å². The van der Waals surface area contributed by atoms with E-state index >= 15 is 0 Å². The van der Waals surface area contributed by atoms with Gasteiger partial charge in [0.05, 0.1) is 18.8 Å². The molecule has 0 heterocycles. The molecule has 1 amide bonds. The molecular formula is C20H23NO5. The van der Waals surface area contributed by atoms with Gasteiger partial charge < -0.3 is 19.9 Å². The lowest BCUT2D eigenvalue weighted by Gasteiger charge is -2.14. The van der Waals surface area contributed by atoms with Crippen LogP contribution in [0.3, 0.4) is 0 Å². The summed E-state index contributed by atoms with van der Waals surface area (Å²) in [5, 5.41) is 12.0. The van der Waals surface area contributed by atoms with Crippen molar-refractivity contribution in [2.24, 2.45) is 5.92 Å². The van der Waals surface area contributed by atoms with Crippen molar-refractivity contribution in [1.82, 2.24) is 0 Å². The fraction of sp³-hybridized carbons (Fsp3) is 0.300. The molecule has 6 heteroatoms. The van der Waals surface area contributed by atoms with Crippen LogP contribution in [0.4, 0.5) is 5.69 Å². The van der Waals surface area contributed by atoms with Crippen molar-refractivity contribution in [2.75, 3.05) is 19.0 Å². The summed E-state index contributed by atoms with van der Waals surface area (Å²) < 4.78 is 10.6. The Morgan fingerprint density at radius 3 is 2.54 bits per heavy atom. The molecule has 138 valence electrons. The predicted octanol–water partition coefficient (Wildman–Crippen LogP) is 3.57. The Bertz CT molecular complexity index is 745. The van der Waals surface area contributed by atoms with E-state index in [4.69, 9.17) is 9.47 Å². The number of ether oxygens (including phenoxy) is 2.